The minimum Gasteiger partial charge on any atom is -0.755 e. The van der Waals surface area contributed by atoms with Gasteiger partial charge in [0.05, 0.1) is 29.1 Å². The van der Waals surface area contributed by atoms with Gasteiger partial charge >= 0.3 is 0 Å². The van der Waals surface area contributed by atoms with Crippen LogP contribution in [0.1, 0.15) is 19.5 Å². The molecule has 2 aromatic carbocycles. The number of hydrogen-bond donors (Lipinski definition) is 0. The van der Waals surface area contributed by atoms with Crippen LogP contribution in [0, 0.1) is 5.82 Å². The molecule has 162 valence electrons. The van der Waals surface area contributed by atoms with E-state index in [4.69, 9.17) is 0 Å². The Morgan fingerprint density at radius 1 is 0.968 bits per heavy atom. The zero-order chi connectivity index (χ0) is 22.4. The van der Waals surface area contributed by atoms with Gasteiger partial charge in [-0.2, -0.15) is 0 Å². The molecule has 0 bridgehead atoms. The van der Waals surface area contributed by atoms with Crippen molar-refractivity contribution in [2.45, 2.75) is 20.3 Å². The quantitative estimate of drug-likeness (QED) is 0.491. The number of benzene rings is 2. The molecule has 3 rings (SSSR count). The smallest absolute Gasteiger partial charge is 0.228 e. The fourth-order valence-corrected chi connectivity index (χ4v) is 3.80. The van der Waals surface area contributed by atoms with Crippen molar-refractivity contribution in [3.05, 3.63) is 78.2 Å². The van der Waals surface area contributed by atoms with E-state index in [1.807, 2.05) is 13.8 Å². The van der Waals surface area contributed by atoms with E-state index in [1.165, 1.54) is 12.1 Å². The number of nitrogens with zero attached hydrogens (tertiary/aromatic N) is 3. The van der Waals surface area contributed by atoms with Crippen LogP contribution in [0.25, 0.3) is 11.1 Å². The highest BCUT2D eigenvalue weighted by atomic mass is 32.2. The third-order valence-corrected chi connectivity index (χ3v) is 5.57. The molecule has 1 unspecified atom stereocenters. The summed E-state index contributed by atoms with van der Waals surface area (Å²) in [4.78, 5) is 18.5. The average Bonchev–Trinajstić information content (AvgIpc) is 2.76. The van der Waals surface area contributed by atoms with E-state index in [9.17, 15) is 17.9 Å². The Balaban J connectivity index is 1.86. The van der Waals surface area contributed by atoms with Gasteiger partial charge in [-0.1, -0.05) is 30.3 Å². The maximum Gasteiger partial charge on any atom is 0.228 e. The number of anilines is 2. The minimum atomic E-state index is -2.62. The first kappa shape index (κ1) is 22.6. The SMILES string of the molecule is CCN(CC)C(=O)Cc1cccc(N(c2ccc(-c3ccc(F)cc3)cc2)S(=O)[O-])n1. The molecule has 0 aliphatic heterocycles. The highest BCUT2D eigenvalue weighted by Crippen LogP contribution is 2.28. The number of pyridine rings is 1. The number of carbonyl (C=O) groups is 1. The number of amides is 1. The number of halogens is 1. The van der Waals surface area contributed by atoms with Gasteiger partial charge in [0.15, 0.2) is 0 Å². The van der Waals surface area contributed by atoms with Gasteiger partial charge in [0, 0.05) is 13.1 Å². The third kappa shape index (κ3) is 5.53. The maximum absolute atomic E-state index is 13.1. The van der Waals surface area contributed by atoms with Gasteiger partial charge in [-0.3, -0.25) is 13.3 Å². The predicted molar refractivity (Wildman–Crippen MR) is 119 cm³/mol. The summed E-state index contributed by atoms with van der Waals surface area (Å²) < 4.78 is 38.2. The van der Waals surface area contributed by atoms with Crippen molar-refractivity contribution >= 4 is 28.7 Å². The highest BCUT2D eigenvalue weighted by Gasteiger charge is 2.15. The number of rotatable bonds is 8. The van der Waals surface area contributed by atoms with E-state index in [0.717, 1.165) is 15.4 Å². The molecule has 3 aromatic rings. The van der Waals surface area contributed by atoms with Gasteiger partial charge in [-0.05, 0) is 61.4 Å². The molecule has 0 aliphatic rings. The number of carbonyl (C=O) groups excluding carboxylic acids is 1. The molecule has 0 fully saturated rings. The summed E-state index contributed by atoms with van der Waals surface area (Å²) in [5, 5.41) is 0. The summed E-state index contributed by atoms with van der Waals surface area (Å²) in [5.41, 5.74) is 2.54. The van der Waals surface area contributed by atoms with E-state index < -0.39 is 11.3 Å². The third-order valence-electron chi connectivity index (χ3n) is 4.88. The Kier molecular flexibility index (Phi) is 7.49. The second-order valence-electron chi connectivity index (χ2n) is 6.80. The standard InChI is InChI=1S/C23H24FN3O3S/c1-3-26(4-2)23(28)16-20-6-5-7-22(25-20)27(31(29)30)21-14-10-18(11-15-21)17-8-12-19(24)13-9-17/h5-15H,3-4,16H2,1-2H3,(H,29,30)/p-1. The van der Waals surface area contributed by atoms with E-state index >= 15 is 0 Å². The lowest BCUT2D eigenvalue weighted by Gasteiger charge is -2.26. The maximum atomic E-state index is 13.1. The fourth-order valence-electron chi connectivity index (χ4n) is 3.25. The molecule has 1 aromatic heterocycles. The molecule has 0 spiro atoms. The van der Waals surface area contributed by atoms with Crippen LogP contribution >= 0.6 is 0 Å². The van der Waals surface area contributed by atoms with Crippen LogP contribution in [0.15, 0.2) is 66.7 Å². The first-order valence-corrected chi connectivity index (χ1v) is 10.9. The Bertz CT molecular complexity index is 1050. The molecule has 6 nitrogen and oxygen atoms in total. The lowest BCUT2D eigenvalue weighted by Crippen LogP contribution is -2.32. The molecule has 0 saturated heterocycles. The molecule has 0 radical (unpaired) electrons. The summed E-state index contributed by atoms with van der Waals surface area (Å²) in [6, 6.07) is 17.9. The van der Waals surface area contributed by atoms with Crippen LogP contribution in [-0.4, -0.2) is 37.6 Å². The summed E-state index contributed by atoms with van der Waals surface area (Å²) in [5.74, 6) is -0.181. The number of aromatic nitrogens is 1. The van der Waals surface area contributed by atoms with E-state index in [0.29, 0.717) is 24.5 Å². The minimum absolute atomic E-state index is 0.0619. The Hall–Kier alpha value is -3.10. The lowest BCUT2D eigenvalue weighted by molar-refractivity contribution is -0.130. The van der Waals surface area contributed by atoms with E-state index in [1.54, 1.807) is 59.5 Å². The zero-order valence-corrected chi connectivity index (χ0v) is 18.1. The molecule has 0 aliphatic carbocycles. The second kappa shape index (κ2) is 10.3. The number of likely N-dealkylation sites (N-methyl/N-ethyl adjacent to an activating group) is 1. The lowest BCUT2D eigenvalue weighted by atomic mass is 10.1. The van der Waals surface area contributed by atoms with Crippen LogP contribution in [0.3, 0.4) is 0 Å². The topological polar surface area (TPSA) is 76.6 Å². The summed E-state index contributed by atoms with van der Waals surface area (Å²) in [6.07, 6.45) is 0.0956. The van der Waals surface area contributed by atoms with Crippen LogP contribution in [0.2, 0.25) is 0 Å². The van der Waals surface area contributed by atoms with E-state index in [2.05, 4.69) is 4.98 Å². The predicted octanol–water partition coefficient (Wildman–Crippen LogP) is 4.23. The molecule has 1 heterocycles. The highest BCUT2D eigenvalue weighted by molar-refractivity contribution is 7.81. The van der Waals surface area contributed by atoms with Crippen LogP contribution < -0.4 is 4.31 Å². The van der Waals surface area contributed by atoms with Crippen LogP contribution in [0.4, 0.5) is 15.9 Å². The van der Waals surface area contributed by atoms with Gasteiger partial charge in [0.1, 0.15) is 11.6 Å². The van der Waals surface area contributed by atoms with Crippen LogP contribution in [0.5, 0.6) is 0 Å². The van der Waals surface area contributed by atoms with Crippen molar-refractivity contribution in [1.82, 2.24) is 9.88 Å². The fraction of sp³-hybridized carbons (Fsp3) is 0.217. The van der Waals surface area contributed by atoms with Gasteiger partial charge in [-0.15, -0.1) is 0 Å². The zero-order valence-electron chi connectivity index (χ0n) is 17.3. The summed E-state index contributed by atoms with van der Waals surface area (Å²) >= 11 is -2.62. The molecule has 31 heavy (non-hydrogen) atoms. The summed E-state index contributed by atoms with van der Waals surface area (Å²) in [6.45, 7) is 5.02. The van der Waals surface area contributed by atoms with Gasteiger partial charge in [0.25, 0.3) is 0 Å². The molecule has 0 saturated carbocycles. The number of hydrogen-bond acceptors (Lipinski definition) is 4. The van der Waals surface area contributed by atoms with Gasteiger partial charge in [-0.25, -0.2) is 9.37 Å². The normalized spacial score (nSPS) is 11.7. The van der Waals surface area contributed by atoms with Crippen molar-refractivity contribution in [3.8, 4) is 11.1 Å². The molecule has 8 heteroatoms. The Morgan fingerprint density at radius 3 is 2.10 bits per heavy atom. The van der Waals surface area contributed by atoms with Crippen molar-refractivity contribution < 1.29 is 17.9 Å². The molecular formula is C23H23FN3O3S-. The van der Waals surface area contributed by atoms with Gasteiger partial charge in [0.2, 0.25) is 5.91 Å². The van der Waals surface area contributed by atoms with Crippen molar-refractivity contribution in [2.24, 2.45) is 0 Å². The van der Waals surface area contributed by atoms with E-state index in [-0.39, 0.29) is 24.0 Å². The van der Waals surface area contributed by atoms with Crippen molar-refractivity contribution in [3.63, 3.8) is 0 Å². The molecular weight excluding hydrogens is 417 g/mol. The van der Waals surface area contributed by atoms with Crippen LogP contribution in [-0.2, 0) is 22.5 Å². The molecule has 1 amide bonds. The first-order chi connectivity index (χ1) is 14.9. The summed E-state index contributed by atoms with van der Waals surface area (Å²) in [7, 11) is 0. The largest absolute Gasteiger partial charge is 0.755 e. The molecule has 1 atom stereocenters. The Morgan fingerprint density at radius 2 is 1.55 bits per heavy atom. The molecule has 0 N–H and O–H groups in total. The second-order valence-corrected chi connectivity index (χ2v) is 7.59. The van der Waals surface area contributed by atoms with Crippen molar-refractivity contribution in [2.75, 3.05) is 17.4 Å². The Labute approximate surface area is 183 Å². The van der Waals surface area contributed by atoms with Gasteiger partial charge < -0.3 is 9.45 Å². The monoisotopic (exact) mass is 440 g/mol. The first-order valence-electron chi connectivity index (χ1n) is 9.92. The average molecular weight is 441 g/mol. The van der Waals surface area contributed by atoms with Crippen molar-refractivity contribution in [1.29, 1.82) is 0 Å².